The fourth-order valence-electron chi connectivity index (χ4n) is 3.14. The first-order valence-electron chi connectivity index (χ1n) is 7.15. The monoisotopic (exact) mass is 289 g/mol. The summed E-state index contributed by atoms with van der Waals surface area (Å²) in [5.41, 5.74) is 1.10. The van der Waals surface area contributed by atoms with Crippen molar-refractivity contribution in [3.63, 3.8) is 0 Å². The lowest BCUT2D eigenvalue weighted by molar-refractivity contribution is 0.0963. The Morgan fingerprint density at radius 1 is 1.24 bits per heavy atom. The second-order valence-corrected chi connectivity index (χ2v) is 5.51. The molecule has 1 aliphatic heterocycles. The van der Waals surface area contributed by atoms with E-state index in [4.69, 9.17) is 4.74 Å². The summed E-state index contributed by atoms with van der Waals surface area (Å²) < 4.78 is 5.65. The summed E-state index contributed by atoms with van der Waals surface area (Å²) in [6.45, 7) is 2.87. The molecule has 0 aliphatic carbocycles. The number of H-pyrrole nitrogens is 2. The van der Waals surface area contributed by atoms with Crippen LogP contribution in [-0.4, -0.2) is 29.7 Å². The van der Waals surface area contributed by atoms with Gasteiger partial charge in [0.15, 0.2) is 0 Å². The van der Waals surface area contributed by atoms with E-state index < -0.39 is 11.1 Å². The van der Waals surface area contributed by atoms with Crippen LogP contribution in [0.4, 0.5) is 0 Å². The smallest absolute Gasteiger partial charge is 0.314 e. The number of hydrogen-bond donors (Lipinski definition) is 3. The van der Waals surface area contributed by atoms with Gasteiger partial charge >= 0.3 is 11.1 Å². The van der Waals surface area contributed by atoms with Crippen molar-refractivity contribution >= 4 is 11.0 Å². The SMILES string of the molecule is CNC(c1ccc2[nH]c(=O)c(=O)[nH]c2c1)C1CCOC1C. The molecule has 0 radical (unpaired) electrons. The lowest BCUT2D eigenvalue weighted by atomic mass is 9.88. The molecular weight excluding hydrogens is 270 g/mol. The van der Waals surface area contributed by atoms with E-state index in [1.807, 2.05) is 25.2 Å². The van der Waals surface area contributed by atoms with Gasteiger partial charge in [-0.25, -0.2) is 0 Å². The number of benzene rings is 1. The molecule has 6 nitrogen and oxygen atoms in total. The molecule has 2 heterocycles. The molecule has 0 bridgehead atoms. The predicted molar refractivity (Wildman–Crippen MR) is 80.5 cm³/mol. The second kappa shape index (κ2) is 5.46. The molecule has 1 aromatic heterocycles. The average Bonchev–Trinajstić information content (AvgIpc) is 2.88. The van der Waals surface area contributed by atoms with Gasteiger partial charge in [-0.15, -0.1) is 0 Å². The van der Waals surface area contributed by atoms with Crippen LogP contribution in [0, 0.1) is 5.92 Å². The number of hydrogen-bond acceptors (Lipinski definition) is 4. The summed E-state index contributed by atoms with van der Waals surface area (Å²) in [5, 5.41) is 3.34. The van der Waals surface area contributed by atoms with Crippen LogP contribution in [-0.2, 0) is 4.74 Å². The van der Waals surface area contributed by atoms with Crippen molar-refractivity contribution in [1.29, 1.82) is 0 Å². The van der Waals surface area contributed by atoms with Crippen LogP contribution in [0.15, 0.2) is 27.8 Å². The van der Waals surface area contributed by atoms with Gasteiger partial charge in [-0.3, -0.25) is 9.59 Å². The molecule has 1 aliphatic rings. The van der Waals surface area contributed by atoms with Gasteiger partial charge in [0.05, 0.1) is 17.1 Å². The summed E-state index contributed by atoms with van der Waals surface area (Å²) in [7, 11) is 1.93. The van der Waals surface area contributed by atoms with E-state index in [-0.39, 0.29) is 12.1 Å². The zero-order valence-electron chi connectivity index (χ0n) is 12.1. The Morgan fingerprint density at radius 3 is 2.57 bits per heavy atom. The van der Waals surface area contributed by atoms with Gasteiger partial charge in [0.1, 0.15) is 0 Å². The molecule has 0 amide bonds. The second-order valence-electron chi connectivity index (χ2n) is 5.51. The zero-order chi connectivity index (χ0) is 15.0. The van der Waals surface area contributed by atoms with Crippen molar-refractivity contribution in [3.05, 3.63) is 44.5 Å². The van der Waals surface area contributed by atoms with Crippen LogP contribution in [0.5, 0.6) is 0 Å². The van der Waals surface area contributed by atoms with E-state index in [1.165, 1.54) is 0 Å². The summed E-state index contributed by atoms with van der Waals surface area (Å²) >= 11 is 0. The van der Waals surface area contributed by atoms with Crippen LogP contribution >= 0.6 is 0 Å². The standard InChI is InChI=1S/C15H19N3O3/c1-8-10(5-6-21-8)13(16-2)9-3-4-11-12(7-9)18-15(20)14(19)17-11/h3-4,7-8,10,13,16H,5-6H2,1-2H3,(H,17,19)(H,18,20). The summed E-state index contributed by atoms with van der Waals surface area (Å²) in [6.07, 6.45) is 1.21. The molecule has 1 saturated heterocycles. The Labute approximate surface area is 121 Å². The van der Waals surface area contributed by atoms with Gasteiger partial charge in [-0.1, -0.05) is 6.07 Å². The molecule has 3 atom stereocenters. The molecule has 0 spiro atoms. The van der Waals surface area contributed by atoms with Crippen LogP contribution in [0.3, 0.4) is 0 Å². The third kappa shape index (κ3) is 2.52. The zero-order valence-corrected chi connectivity index (χ0v) is 12.1. The van der Waals surface area contributed by atoms with Gasteiger partial charge in [-0.2, -0.15) is 0 Å². The predicted octanol–water partition coefficient (Wildman–Crippen LogP) is 0.902. The van der Waals surface area contributed by atoms with Crippen molar-refractivity contribution in [2.45, 2.75) is 25.5 Å². The van der Waals surface area contributed by atoms with Crippen molar-refractivity contribution in [2.75, 3.05) is 13.7 Å². The molecule has 21 heavy (non-hydrogen) atoms. The first kappa shape index (κ1) is 14.0. The van der Waals surface area contributed by atoms with Gasteiger partial charge in [0, 0.05) is 18.6 Å². The van der Waals surface area contributed by atoms with Gasteiger partial charge in [0.25, 0.3) is 0 Å². The van der Waals surface area contributed by atoms with Crippen LogP contribution in [0.25, 0.3) is 11.0 Å². The molecule has 2 aromatic rings. The largest absolute Gasteiger partial charge is 0.378 e. The highest BCUT2D eigenvalue weighted by Crippen LogP contribution is 2.33. The summed E-state index contributed by atoms with van der Waals surface area (Å²) in [4.78, 5) is 28.0. The molecule has 6 heteroatoms. The Morgan fingerprint density at radius 2 is 1.95 bits per heavy atom. The Balaban J connectivity index is 2.04. The van der Waals surface area contributed by atoms with E-state index in [1.54, 1.807) is 0 Å². The highest BCUT2D eigenvalue weighted by molar-refractivity contribution is 5.74. The molecule has 1 aromatic carbocycles. The number of nitrogens with one attached hydrogen (secondary N) is 3. The van der Waals surface area contributed by atoms with E-state index in [9.17, 15) is 9.59 Å². The third-order valence-corrected chi connectivity index (χ3v) is 4.28. The quantitative estimate of drug-likeness (QED) is 0.733. The summed E-state index contributed by atoms with van der Waals surface area (Å²) in [5.74, 6) is 0.391. The Hall–Kier alpha value is -1.92. The van der Waals surface area contributed by atoms with Crippen molar-refractivity contribution < 1.29 is 4.74 Å². The van der Waals surface area contributed by atoms with Crippen LogP contribution in [0.2, 0.25) is 0 Å². The molecule has 3 N–H and O–H groups in total. The molecule has 1 fully saturated rings. The van der Waals surface area contributed by atoms with Crippen LogP contribution < -0.4 is 16.4 Å². The van der Waals surface area contributed by atoms with Gasteiger partial charge in [-0.05, 0) is 38.1 Å². The maximum Gasteiger partial charge on any atom is 0.314 e. The maximum absolute atomic E-state index is 11.5. The highest BCUT2D eigenvalue weighted by Gasteiger charge is 2.32. The average molecular weight is 289 g/mol. The maximum atomic E-state index is 11.5. The van der Waals surface area contributed by atoms with Gasteiger partial charge < -0.3 is 20.0 Å². The number of rotatable bonds is 3. The minimum absolute atomic E-state index is 0.155. The molecule has 3 unspecified atom stereocenters. The molecule has 112 valence electrons. The molecular formula is C15H19N3O3. The fraction of sp³-hybridized carbons (Fsp3) is 0.467. The highest BCUT2D eigenvalue weighted by atomic mass is 16.5. The van der Waals surface area contributed by atoms with E-state index in [0.717, 1.165) is 18.6 Å². The number of aromatic amines is 2. The topological polar surface area (TPSA) is 87.0 Å². The molecule has 3 rings (SSSR count). The minimum Gasteiger partial charge on any atom is -0.378 e. The van der Waals surface area contributed by atoms with Gasteiger partial charge in [0.2, 0.25) is 0 Å². The fourth-order valence-corrected chi connectivity index (χ4v) is 3.14. The number of ether oxygens (including phenoxy) is 1. The third-order valence-electron chi connectivity index (χ3n) is 4.28. The first-order chi connectivity index (χ1) is 10.1. The number of aromatic nitrogens is 2. The Bertz CT molecular complexity index is 765. The lowest BCUT2D eigenvalue weighted by Crippen LogP contribution is -2.30. The van der Waals surface area contributed by atoms with E-state index in [2.05, 4.69) is 22.2 Å². The van der Waals surface area contributed by atoms with E-state index >= 15 is 0 Å². The van der Waals surface area contributed by atoms with Crippen molar-refractivity contribution in [3.8, 4) is 0 Å². The lowest BCUT2D eigenvalue weighted by Gasteiger charge is -2.26. The van der Waals surface area contributed by atoms with E-state index in [0.29, 0.717) is 17.0 Å². The van der Waals surface area contributed by atoms with Crippen molar-refractivity contribution in [2.24, 2.45) is 5.92 Å². The minimum atomic E-state index is -0.627. The normalized spacial score (nSPS) is 23.5. The summed E-state index contributed by atoms with van der Waals surface area (Å²) in [6, 6.07) is 5.87. The number of fused-ring (bicyclic) bond motifs is 1. The first-order valence-corrected chi connectivity index (χ1v) is 7.15. The van der Waals surface area contributed by atoms with Crippen molar-refractivity contribution in [1.82, 2.24) is 15.3 Å². The Kier molecular flexibility index (Phi) is 3.65. The van der Waals surface area contributed by atoms with Crippen LogP contribution in [0.1, 0.15) is 24.9 Å². The molecule has 0 saturated carbocycles.